The SMILES string of the molecule is CCN1C(=O)/C(=C/C=C2\CCCN2CC)SC1=S. The van der Waals surface area contributed by atoms with Crippen LogP contribution in [0.25, 0.3) is 0 Å². The van der Waals surface area contributed by atoms with Crippen molar-refractivity contribution in [3.05, 3.63) is 22.8 Å². The van der Waals surface area contributed by atoms with E-state index in [-0.39, 0.29) is 5.91 Å². The molecule has 0 N–H and O–H groups in total. The van der Waals surface area contributed by atoms with Gasteiger partial charge in [-0.1, -0.05) is 24.0 Å². The lowest BCUT2D eigenvalue weighted by atomic mass is 10.3. The zero-order chi connectivity index (χ0) is 13.1. The summed E-state index contributed by atoms with van der Waals surface area (Å²) in [5.74, 6) is 0.0467. The van der Waals surface area contributed by atoms with E-state index >= 15 is 0 Å². The van der Waals surface area contributed by atoms with Crippen LogP contribution < -0.4 is 0 Å². The first-order chi connectivity index (χ1) is 8.67. The van der Waals surface area contributed by atoms with Crippen LogP contribution in [-0.4, -0.2) is 39.7 Å². The Labute approximate surface area is 118 Å². The van der Waals surface area contributed by atoms with Gasteiger partial charge in [-0.25, -0.2) is 0 Å². The monoisotopic (exact) mass is 282 g/mol. The van der Waals surface area contributed by atoms with Gasteiger partial charge < -0.3 is 4.90 Å². The molecule has 0 aromatic rings. The lowest BCUT2D eigenvalue weighted by Crippen LogP contribution is -2.27. The molecule has 1 amide bonds. The highest BCUT2D eigenvalue weighted by molar-refractivity contribution is 8.26. The Balaban J connectivity index is 2.13. The van der Waals surface area contributed by atoms with Gasteiger partial charge in [0.15, 0.2) is 0 Å². The fourth-order valence-corrected chi connectivity index (χ4v) is 3.59. The molecular formula is C13H18N2OS2. The van der Waals surface area contributed by atoms with Crippen LogP contribution in [-0.2, 0) is 4.79 Å². The van der Waals surface area contributed by atoms with Crippen molar-refractivity contribution in [2.75, 3.05) is 19.6 Å². The fraction of sp³-hybridized carbons (Fsp3) is 0.538. The van der Waals surface area contributed by atoms with E-state index in [4.69, 9.17) is 12.2 Å². The van der Waals surface area contributed by atoms with Gasteiger partial charge in [0.1, 0.15) is 4.32 Å². The van der Waals surface area contributed by atoms with Crippen molar-refractivity contribution >= 4 is 34.2 Å². The van der Waals surface area contributed by atoms with E-state index in [0.717, 1.165) is 24.4 Å². The maximum absolute atomic E-state index is 12.0. The second-order valence-corrected chi connectivity index (χ2v) is 5.97. The Bertz CT molecular complexity index is 429. The van der Waals surface area contributed by atoms with Gasteiger partial charge in [0.2, 0.25) is 0 Å². The Kier molecular flexibility index (Phi) is 4.45. The number of hydrogen-bond acceptors (Lipinski definition) is 4. The molecule has 98 valence electrons. The minimum Gasteiger partial charge on any atom is -0.375 e. The van der Waals surface area contributed by atoms with Gasteiger partial charge in [-0.2, -0.15) is 0 Å². The molecule has 2 aliphatic heterocycles. The molecule has 0 bridgehead atoms. The van der Waals surface area contributed by atoms with Crippen molar-refractivity contribution in [1.29, 1.82) is 0 Å². The molecular weight excluding hydrogens is 264 g/mol. The van der Waals surface area contributed by atoms with Crippen LogP contribution in [0.3, 0.4) is 0 Å². The number of thioether (sulfide) groups is 1. The van der Waals surface area contributed by atoms with Crippen molar-refractivity contribution in [3.8, 4) is 0 Å². The highest BCUT2D eigenvalue weighted by Crippen LogP contribution is 2.31. The zero-order valence-corrected chi connectivity index (χ0v) is 12.4. The molecule has 2 saturated heterocycles. The predicted octanol–water partition coefficient (Wildman–Crippen LogP) is 2.75. The number of allylic oxidation sites excluding steroid dienone is 3. The molecule has 0 unspecified atom stereocenters. The number of amides is 1. The Morgan fingerprint density at radius 3 is 2.72 bits per heavy atom. The Morgan fingerprint density at radius 1 is 1.33 bits per heavy atom. The molecule has 3 nitrogen and oxygen atoms in total. The normalized spacial score (nSPS) is 25.0. The summed E-state index contributed by atoms with van der Waals surface area (Å²) >= 11 is 6.59. The van der Waals surface area contributed by atoms with Crippen LogP contribution in [0.4, 0.5) is 0 Å². The average Bonchev–Trinajstić information content (AvgIpc) is 2.91. The quantitative estimate of drug-likeness (QED) is 0.586. The van der Waals surface area contributed by atoms with E-state index < -0.39 is 0 Å². The molecule has 18 heavy (non-hydrogen) atoms. The summed E-state index contributed by atoms with van der Waals surface area (Å²) < 4.78 is 0.672. The molecule has 2 aliphatic rings. The van der Waals surface area contributed by atoms with E-state index in [1.807, 2.05) is 13.0 Å². The second kappa shape index (κ2) is 5.89. The number of rotatable bonds is 3. The minimum atomic E-state index is 0.0467. The summed E-state index contributed by atoms with van der Waals surface area (Å²) in [4.78, 5) is 16.8. The van der Waals surface area contributed by atoms with Crippen LogP contribution in [0.15, 0.2) is 22.8 Å². The van der Waals surface area contributed by atoms with Crippen molar-refractivity contribution in [3.63, 3.8) is 0 Å². The first-order valence-corrected chi connectivity index (χ1v) is 7.59. The van der Waals surface area contributed by atoms with Crippen LogP contribution in [0.2, 0.25) is 0 Å². The van der Waals surface area contributed by atoms with E-state index in [2.05, 4.69) is 17.9 Å². The maximum atomic E-state index is 12.0. The first kappa shape index (κ1) is 13.6. The summed E-state index contributed by atoms with van der Waals surface area (Å²) in [5, 5.41) is 0. The van der Waals surface area contributed by atoms with Gasteiger partial charge in [-0.05, 0) is 38.8 Å². The molecule has 0 aromatic carbocycles. The van der Waals surface area contributed by atoms with Crippen molar-refractivity contribution < 1.29 is 4.79 Å². The largest absolute Gasteiger partial charge is 0.375 e. The summed E-state index contributed by atoms with van der Waals surface area (Å²) in [5.41, 5.74) is 1.33. The number of carbonyl (C=O) groups is 1. The molecule has 2 fully saturated rings. The minimum absolute atomic E-state index is 0.0467. The molecule has 2 rings (SSSR count). The molecule has 0 radical (unpaired) electrons. The third-order valence-corrected chi connectivity index (χ3v) is 4.66. The molecule has 0 aliphatic carbocycles. The van der Waals surface area contributed by atoms with Gasteiger partial charge in [-0.3, -0.25) is 9.69 Å². The van der Waals surface area contributed by atoms with E-state index in [0.29, 0.717) is 10.9 Å². The number of thiocarbonyl (C=S) groups is 1. The molecule has 0 saturated carbocycles. The standard InChI is InChI=1S/C13H18N2OS2/c1-3-14-9-5-6-10(14)7-8-11-12(16)15(4-2)13(17)18-11/h7-8H,3-6,9H2,1-2H3/b10-7+,11-8-. The van der Waals surface area contributed by atoms with Gasteiger partial charge >= 0.3 is 0 Å². The van der Waals surface area contributed by atoms with Crippen molar-refractivity contribution in [1.82, 2.24) is 9.80 Å². The van der Waals surface area contributed by atoms with Gasteiger partial charge in [0, 0.05) is 25.3 Å². The highest BCUT2D eigenvalue weighted by atomic mass is 32.2. The van der Waals surface area contributed by atoms with Gasteiger partial charge in [-0.15, -0.1) is 0 Å². The lowest BCUT2D eigenvalue weighted by Gasteiger charge is -2.16. The van der Waals surface area contributed by atoms with Crippen molar-refractivity contribution in [2.45, 2.75) is 26.7 Å². The van der Waals surface area contributed by atoms with Crippen LogP contribution in [0, 0.1) is 0 Å². The molecule has 0 spiro atoms. The number of likely N-dealkylation sites (tertiary alicyclic amines) is 1. The molecule has 0 aromatic heterocycles. The van der Waals surface area contributed by atoms with E-state index in [1.54, 1.807) is 4.90 Å². The third-order valence-electron chi connectivity index (χ3n) is 3.27. The van der Waals surface area contributed by atoms with E-state index in [9.17, 15) is 4.79 Å². The predicted molar refractivity (Wildman–Crippen MR) is 80.2 cm³/mol. The third kappa shape index (κ3) is 2.62. The summed E-state index contributed by atoms with van der Waals surface area (Å²) in [7, 11) is 0. The molecule has 5 heteroatoms. The summed E-state index contributed by atoms with van der Waals surface area (Å²) in [6.07, 6.45) is 6.33. The zero-order valence-electron chi connectivity index (χ0n) is 10.8. The number of carbonyl (C=O) groups excluding carboxylic acids is 1. The van der Waals surface area contributed by atoms with Crippen LogP contribution >= 0.6 is 24.0 Å². The Morgan fingerprint density at radius 2 is 2.11 bits per heavy atom. The van der Waals surface area contributed by atoms with Gasteiger partial charge in [0.25, 0.3) is 5.91 Å². The maximum Gasteiger partial charge on any atom is 0.266 e. The van der Waals surface area contributed by atoms with E-state index in [1.165, 1.54) is 23.9 Å². The lowest BCUT2D eigenvalue weighted by molar-refractivity contribution is -0.122. The highest BCUT2D eigenvalue weighted by Gasteiger charge is 2.30. The number of likely N-dealkylation sites (N-methyl/N-ethyl adjacent to an activating group) is 1. The molecule has 0 atom stereocenters. The number of nitrogens with zero attached hydrogens (tertiary/aromatic N) is 2. The molecule has 2 heterocycles. The van der Waals surface area contributed by atoms with Gasteiger partial charge in [0.05, 0.1) is 4.91 Å². The fourth-order valence-electron chi connectivity index (χ4n) is 2.26. The smallest absolute Gasteiger partial charge is 0.266 e. The topological polar surface area (TPSA) is 23.6 Å². The Hall–Kier alpha value is -0.810. The van der Waals surface area contributed by atoms with Crippen molar-refractivity contribution in [2.24, 2.45) is 0 Å². The summed E-state index contributed by atoms with van der Waals surface area (Å²) in [6, 6.07) is 0. The average molecular weight is 282 g/mol. The first-order valence-electron chi connectivity index (χ1n) is 6.36. The second-order valence-electron chi connectivity index (χ2n) is 4.29. The summed E-state index contributed by atoms with van der Waals surface area (Å²) in [6.45, 7) is 6.93. The number of hydrogen-bond donors (Lipinski definition) is 0. The van der Waals surface area contributed by atoms with Crippen LogP contribution in [0.1, 0.15) is 26.7 Å². The van der Waals surface area contributed by atoms with Crippen LogP contribution in [0.5, 0.6) is 0 Å².